The Morgan fingerprint density at radius 3 is 2.05 bits per heavy atom. The number of fused-ring (bicyclic) bond motifs is 1. The van der Waals surface area contributed by atoms with E-state index in [-0.39, 0.29) is 29.5 Å². The molecular formula is C30H39FNO4Si. The number of nitrogens with zero attached hydrogens (tertiary/aromatic N) is 1. The summed E-state index contributed by atoms with van der Waals surface area (Å²) in [5.41, 5.74) is 0.104. The number of hydrogen-bond donors (Lipinski definition) is 1. The summed E-state index contributed by atoms with van der Waals surface area (Å²) in [4.78, 5) is 16.6. The second-order valence-electron chi connectivity index (χ2n) is 11.7. The highest BCUT2D eigenvalue weighted by molar-refractivity contribution is 6.00. The lowest BCUT2D eigenvalue weighted by Gasteiger charge is -2.63. The summed E-state index contributed by atoms with van der Waals surface area (Å²) in [5, 5.41) is 11.6. The highest BCUT2D eigenvalue weighted by Crippen LogP contribution is 2.60. The Balaban J connectivity index is 1.88. The maximum absolute atomic E-state index is 14.4. The van der Waals surface area contributed by atoms with Crippen LogP contribution in [-0.4, -0.2) is 45.1 Å². The van der Waals surface area contributed by atoms with Crippen molar-refractivity contribution in [1.29, 1.82) is 0 Å². The first-order chi connectivity index (χ1) is 17.4. The van der Waals surface area contributed by atoms with Gasteiger partial charge < -0.3 is 14.3 Å². The topological polar surface area (TPSA) is 59.0 Å². The predicted molar refractivity (Wildman–Crippen MR) is 143 cm³/mol. The molecule has 0 spiro atoms. The van der Waals surface area contributed by atoms with Crippen LogP contribution in [0.1, 0.15) is 71.1 Å². The van der Waals surface area contributed by atoms with Crippen LogP contribution in [0.2, 0.25) is 0 Å². The molecule has 0 bridgehead atoms. The van der Waals surface area contributed by atoms with Gasteiger partial charge >= 0.3 is 16.5 Å². The summed E-state index contributed by atoms with van der Waals surface area (Å²) in [7, 11) is 3.14. The van der Waals surface area contributed by atoms with Crippen molar-refractivity contribution in [3.05, 3.63) is 58.9 Å². The van der Waals surface area contributed by atoms with Crippen LogP contribution in [0.15, 0.2) is 36.4 Å². The second kappa shape index (κ2) is 9.82. The summed E-state index contributed by atoms with van der Waals surface area (Å²) in [6.45, 7) is 16.0. The number of likely N-dealkylation sites (tertiary alicyclic amines) is 1. The van der Waals surface area contributed by atoms with Crippen molar-refractivity contribution < 1.29 is 23.5 Å². The summed E-state index contributed by atoms with van der Waals surface area (Å²) in [6.07, 6.45) is 0.878. The third-order valence-corrected chi connectivity index (χ3v) is 9.33. The molecule has 2 aliphatic heterocycles. The van der Waals surface area contributed by atoms with Gasteiger partial charge in [-0.15, -0.1) is 0 Å². The SMILES string of the molecule is Cc1cc2c(cc1O[Si])OC(=O)C(C(C)C)(N1CCC(O)(c3ccc(F)cc3)CC1)C2(C(C)C)C(C)C. The van der Waals surface area contributed by atoms with Gasteiger partial charge in [0.1, 0.15) is 22.9 Å². The quantitative estimate of drug-likeness (QED) is 0.310. The van der Waals surface area contributed by atoms with E-state index in [2.05, 4.69) is 63.0 Å². The van der Waals surface area contributed by atoms with Crippen molar-refractivity contribution in [3.8, 4) is 11.5 Å². The third-order valence-electron chi connectivity index (χ3n) is 9.11. The van der Waals surface area contributed by atoms with Crippen LogP contribution in [0, 0.1) is 30.5 Å². The van der Waals surface area contributed by atoms with Gasteiger partial charge in [-0.1, -0.05) is 53.7 Å². The molecular weight excluding hydrogens is 485 g/mol. The summed E-state index contributed by atoms with van der Waals surface area (Å²) >= 11 is 0. The molecule has 0 saturated carbocycles. The van der Waals surface area contributed by atoms with E-state index in [9.17, 15) is 14.3 Å². The fourth-order valence-corrected chi connectivity index (χ4v) is 7.88. The number of aliphatic hydroxyl groups is 1. The molecule has 2 heterocycles. The predicted octanol–water partition coefficient (Wildman–Crippen LogP) is 5.44. The van der Waals surface area contributed by atoms with Crippen molar-refractivity contribution in [2.24, 2.45) is 17.8 Å². The molecule has 4 rings (SSSR count). The molecule has 0 aromatic heterocycles. The number of aryl methyl sites for hydroxylation is 1. The largest absolute Gasteiger partial charge is 0.540 e. The van der Waals surface area contributed by atoms with Gasteiger partial charge in [-0.25, -0.2) is 9.18 Å². The fourth-order valence-electron chi connectivity index (χ4n) is 7.66. The molecule has 5 nitrogen and oxygen atoms in total. The molecule has 1 atom stereocenters. The third kappa shape index (κ3) is 3.96. The first-order valence-electron chi connectivity index (χ1n) is 13.3. The van der Waals surface area contributed by atoms with E-state index < -0.39 is 16.6 Å². The number of hydrogen-bond acceptors (Lipinski definition) is 5. The zero-order chi connectivity index (χ0) is 27.3. The smallest absolute Gasteiger partial charge is 0.341 e. The first-order valence-corrected chi connectivity index (χ1v) is 13.7. The second-order valence-corrected chi connectivity index (χ2v) is 11.9. The Bertz CT molecular complexity index is 1150. The highest BCUT2D eigenvalue weighted by Gasteiger charge is 2.69. The zero-order valence-corrected chi connectivity index (χ0v) is 24.0. The maximum atomic E-state index is 14.4. The van der Waals surface area contributed by atoms with Crippen molar-refractivity contribution in [3.63, 3.8) is 0 Å². The van der Waals surface area contributed by atoms with Crippen LogP contribution < -0.4 is 9.16 Å². The normalized spacial score (nSPS) is 23.3. The molecule has 2 aliphatic rings. The lowest BCUT2D eigenvalue weighted by Crippen LogP contribution is -2.76. The minimum atomic E-state index is -1.07. The number of carbonyl (C=O) groups excluding carboxylic acids is 1. The Labute approximate surface area is 223 Å². The molecule has 7 heteroatoms. The zero-order valence-electron chi connectivity index (χ0n) is 23.0. The molecule has 2 aromatic rings. The monoisotopic (exact) mass is 524 g/mol. The number of piperidine rings is 1. The van der Waals surface area contributed by atoms with Gasteiger partial charge in [0.05, 0.1) is 5.60 Å². The Hall–Kier alpha value is -2.22. The van der Waals surface area contributed by atoms with Crippen LogP contribution >= 0.6 is 0 Å². The minimum absolute atomic E-state index is 0.0676. The average Bonchev–Trinajstić information content (AvgIpc) is 2.83. The average molecular weight is 525 g/mol. The molecule has 0 aliphatic carbocycles. The van der Waals surface area contributed by atoms with Gasteiger partial charge in [-0.2, -0.15) is 0 Å². The molecule has 3 radical (unpaired) electrons. The van der Waals surface area contributed by atoms with Crippen molar-refractivity contribution in [1.82, 2.24) is 4.90 Å². The maximum Gasteiger partial charge on any atom is 0.341 e. The van der Waals surface area contributed by atoms with E-state index in [1.807, 2.05) is 13.0 Å². The van der Waals surface area contributed by atoms with E-state index in [4.69, 9.17) is 9.16 Å². The van der Waals surface area contributed by atoms with E-state index in [1.54, 1.807) is 12.1 Å². The molecule has 0 amide bonds. The van der Waals surface area contributed by atoms with Gasteiger partial charge in [-0.05, 0) is 66.8 Å². The van der Waals surface area contributed by atoms with Gasteiger partial charge in [0, 0.05) is 30.1 Å². The van der Waals surface area contributed by atoms with Crippen molar-refractivity contribution in [2.75, 3.05) is 13.1 Å². The molecule has 37 heavy (non-hydrogen) atoms. The number of ether oxygens (including phenoxy) is 1. The van der Waals surface area contributed by atoms with Gasteiger partial charge in [0.25, 0.3) is 0 Å². The van der Waals surface area contributed by atoms with Crippen LogP contribution in [0.4, 0.5) is 4.39 Å². The Morgan fingerprint density at radius 2 is 1.57 bits per heavy atom. The first kappa shape index (κ1) is 27.8. The fraction of sp³-hybridized carbons (Fsp3) is 0.567. The molecule has 1 unspecified atom stereocenters. The number of benzene rings is 2. The molecule has 1 N–H and O–H groups in total. The van der Waals surface area contributed by atoms with Crippen LogP contribution in [0.3, 0.4) is 0 Å². The van der Waals surface area contributed by atoms with Crippen LogP contribution in [-0.2, 0) is 15.8 Å². The highest BCUT2D eigenvalue weighted by atomic mass is 28.2. The van der Waals surface area contributed by atoms with Crippen molar-refractivity contribution >= 4 is 16.5 Å². The summed E-state index contributed by atoms with van der Waals surface area (Å²) in [6, 6.07) is 10.0. The molecule has 1 fully saturated rings. The van der Waals surface area contributed by atoms with Crippen molar-refractivity contribution in [2.45, 2.75) is 77.9 Å². The Morgan fingerprint density at radius 1 is 1.00 bits per heavy atom. The summed E-state index contributed by atoms with van der Waals surface area (Å²) < 4.78 is 25.1. The standard InChI is InChI=1S/C30H39FNO4Si/c1-18(2)29(19(3)4)24-16-21(7)25(36-37)17-26(24)35-27(33)30(29,20(5)6)32-14-12-28(34,13-15-32)22-8-10-23(31)11-9-22/h8-11,16-20,34H,12-15H2,1-7H3. The van der Waals surface area contributed by atoms with Gasteiger partial charge in [-0.3, -0.25) is 4.90 Å². The van der Waals surface area contributed by atoms with E-state index in [1.165, 1.54) is 12.1 Å². The number of esters is 1. The molecule has 2 aromatic carbocycles. The number of halogens is 1. The van der Waals surface area contributed by atoms with Gasteiger partial charge in [0.2, 0.25) is 0 Å². The lowest BCUT2D eigenvalue weighted by molar-refractivity contribution is -0.179. The Kier molecular flexibility index (Phi) is 7.38. The molecule has 1 saturated heterocycles. The molecule has 199 valence electrons. The van der Waals surface area contributed by atoms with E-state index in [0.717, 1.165) is 11.1 Å². The van der Waals surface area contributed by atoms with E-state index >= 15 is 0 Å². The number of carbonyl (C=O) groups is 1. The number of rotatable bonds is 6. The van der Waals surface area contributed by atoms with Gasteiger partial charge in [0.15, 0.2) is 0 Å². The van der Waals surface area contributed by atoms with Crippen LogP contribution in [0.5, 0.6) is 11.5 Å². The summed E-state index contributed by atoms with van der Waals surface area (Å²) in [5.74, 6) is 0.722. The minimum Gasteiger partial charge on any atom is -0.540 e. The van der Waals surface area contributed by atoms with Crippen LogP contribution in [0.25, 0.3) is 0 Å². The van der Waals surface area contributed by atoms with E-state index in [0.29, 0.717) is 43.0 Å². The lowest BCUT2D eigenvalue weighted by atomic mass is 9.49.